The van der Waals surface area contributed by atoms with Gasteiger partial charge in [-0.3, -0.25) is 0 Å². The topological polar surface area (TPSA) is 66.0 Å². The van der Waals surface area contributed by atoms with Gasteiger partial charge in [-0.15, -0.1) is 0 Å². The van der Waals surface area contributed by atoms with Gasteiger partial charge in [-0.2, -0.15) is 0 Å². The normalized spacial score (nSPS) is 11.7. The lowest BCUT2D eigenvalue weighted by Crippen LogP contribution is -2.12. The molecule has 4 heteroatoms. The summed E-state index contributed by atoms with van der Waals surface area (Å²) in [6.07, 6.45) is 1.99. The molecule has 0 saturated heterocycles. The van der Waals surface area contributed by atoms with Crippen LogP contribution in [-0.4, -0.2) is 21.0 Å². The van der Waals surface area contributed by atoms with Gasteiger partial charge in [-0.25, -0.2) is 9.78 Å². The molecule has 0 aliphatic rings. The molecule has 0 bridgehead atoms. The van der Waals surface area contributed by atoms with Crippen LogP contribution in [-0.2, 0) is 11.8 Å². The zero-order valence-corrected chi connectivity index (χ0v) is 13.2. The summed E-state index contributed by atoms with van der Waals surface area (Å²) in [5.41, 5.74) is 5.20. The summed E-state index contributed by atoms with van der Waals surface area (Å²) in [4.78, 5) is 17.9. The van der Waals surface area contributed by atoms with E-state index in [4.69, 9.17) is 5.11 Å². The number of hydrogen-bond acceptors (Lipinski definition) is 2. The molecule has 1 aromatic heterocycles. The van der Waals surface area contributed by atoms with Crippen LogP contribution in [0.4, 0.5) is 0 Å². The van der Waals surface area contributed by atoms with Crippen molar-refractivity contribution in [2.24, 2.45) is 0 Å². The first-order chi connectivity index (χ1) is 9.68. The number of aromatic amines is 1. The number of aromatic carboxylic acids is 1. The fourth-order valence-electron chi connectivity index (χ4n) is 2.43. The van der Waals surface area contributed by atoms with Gasteiger partial charge in [-0.05, 0) is 41.5 Å². The Morgan fingerprint density at radius 3 is 2.24 bits per heavy atom. The van der Waals surface area contributed by atoms with Crippen LogP contribution in [0.25, 0.3) is 0 Å². The summed E-state index contributed by atoms with van der Waals surface area (Å²) in [7, 11) is 0. The molecule has 1 aromatic carbocycles. The monoisotopic (exact) mass is 286 g/mol. The minimum Gasteiger partial charge on any atom is -0.477 e. The molecule has 112 valence electrons. The van der Waals surface area contributed by atoms with Crippen LogP contribution >= 0.6 is 0 Å². The lowest BCUT2D eigenvalue weighted by Gasteiger charge is -2.22. The van der Waals surface area contributed by atoms with Gasteiger partial charge >= 0.3 is 5.97 Å². The molecule has 0 atom stereocenters. The Balaban J connectivity index is 2.34. The fourth-order valence-corrected chi connectivity index (χ4v) is 2.43. The van der Waals surface area contributed by atoms with Crippen molar-refractivity contribution < 1.29 is 9.90 Å². The summed E-state index contributed by atoms with van der Waals surface area (Å²) < 4.78 is 0. The highest BCUT2D eigenvalue weighted by Gasteiger charge is 2.17. The first-order valence-electron chi connectivity index (χ1n) is 7.06. The van der Waals surface area contributed by atoms with E-state index < -0.39 is 5.97 Å². The zero-order valence-electron chi connectivity index (χ0n) is 13.2. The van der Waals surface area contributed by atoms with Crippen molar-refractivity contribution in [1.29, 1.82) is 0 Å². The van der Waals surface area contributed by atoms with Gasteiger partial charge in [0.05, 0.1) is 6.20 Å². The largest absolute Gasteiger partial charge is 0.477 e. The second-order valence-electron chi connectivity index (χ2n) is 6.56. The number of nitrogens with one attached hydrogen (secondary N) is 1. The van der Waals surface area contributed by atoms with Crippen molar-refractivity contribution in [3.8, 4) is 0 Å². The molecule has 0 unspecified atom stereocenters. The highest BCUT2D eigenvalue weighted by Crippen LogP contribution is 2.27. The third-order valence-electron chi connectivity index (χ3n) is 3.77. The molecular formula is C17H22N2O2. The third-order valence-corrected chi connectivity index (χ3v) is 3.77. The molecule has 2 N–H and O–H groups in total. The Bertz CT molecular complexity index is 655. The average Bonchev–Trinajstić information content (AvgIpc) is 2.81. The Morgan fingerprint density at radius 1 is 1.24 bits per heavy atom. The summed E-state index contributed by atoms with van der Waals surface area (Å²) in [5.74, 6) is -0.299. The van der Waals surface area contributed by atoms with Crippen molar-refractivity contribution in [3.05, 3.63) is 52.1 Å². The van der Waals surface area contributed by atoms with Gasteiger partial charge in [0.2, 0.25) is 0 Å². The zero-order chi connectivity index (χ0) is 15.8. The van der Waals surface area contributed by atoms with E-state index in [0.29, 0.717) is 12.2 Å². The molecular weight excluding hydrogens is 264 g/mol. The number of imidazole rings is 1. The molecule has 21 heavy (non-hydrogen) atoms. The van der Waals surface area contributed by atoms with Crippen molar-refractivity contribution in [3.63, 3.8) is 0 Å². The molecule has 0 aliphatic carbocycles. The van der Waals surface area contributed by atoms with E-state index in [0.717, 1.165) is 0 Å². The van der Waals surface area contributed by atoms with Crippen molar-refractivity contribution in [1.82, 2.24) is 9.97 Å². The lowest BCUT2D eigenvalue weighted by atomic mass is 9.83. The Labute approximate surface area is 125 Å². The second-order valence-corrected chi connectivity index (χ2v) is 6.56. The minimum absolute atomic E-state index is 0.120. The molecule has 0 radical (unpaired) electrons. The fraction of sp³-hybridized carbons (Fsp3) is 0.412. The van der Waals surface area contributed by atoms with Crippen LogP contribution in [0.1, 0.15) is 59.3 Å². The predicted molar refractivity (Wildman–Crippen MR) is 83.0 cm³/mol. The maximum Gasteiger partial charge on any atom is 0.353 e. The van der Waals surface area contributed by atoms with Crippen LogP contribution in [0, 0.1) is 13.8 Å². The van der Waals surface area contributed by atoms with E-state index >= 15 is 0 Å². The van der Waals surface area contributed by atoms with Gasteiger partial charge in [-0.1, -0.05) is 32.9 Å². The van der Waals surface area contributed by atoms with Crippen LogP contribution in [0.3, 0.4) is 0 Å². The van der Waals surface area contributed by atoms with E-state index in [2.05, 4.69) is 56.7 Å². The minimum atomic E-state index is -0.981. The molecule has 2 aromatic rings. The number of hydrogen-bond donors (Lipinski definition) is 2. The SMILES string of the molecule is Cc1cc(C(C)(C)C)cc(C)c1Cc1ncc(C(=O)O)[nH]1. The number of carbonyl (C=O) groups is 1. The highest BCUT2D eigenvalue weighted by molar-refractivity contribution is 5.85. The average molecular weight is 286 g/mol. The van der Waals surface area contributed by atoms with Gasteiger partial charge < -0.3 is 10.1 Å². The maximum absolute atomic E-state index is 10.9. The van der Waals surface area contributed by atoms with Crippen LogP contribution in [0.2, 0.25) is 0 Å². The van der Waals surface area contributed by atoms with Crippen molar-refractivity contribution in [2.75, 3.05) is 0 Å². The van der Waals surface area contributed by atoms with E-state index in [1.807, 2.05) is 0 Å². The first kappa shape index (κ1) is 15.3. The van der Waals surface area contributed by atoms with E-state index in [9.17, 15) is 4.79 Å². The van der Waals surface area contributed by atoms with Crippen LogP contribution in [0.5, 0.6) is 0 Å². The lowest BCUT2D eigenvalue weighted by molar-refractivity contribution is 0.0691. The standard InChI is InChI=1S/C17H22N2O2/c1-10-6-12(17(3,4)5)7-11(2)13(10)8-15-18-9-14(19-15)16(20)21/h6-7,9H,8H2,1-5H3,(H,18,19)(H,20,21). The molecule has 0 fully saturated rings. The van der Waals surface area contributed by atoms with Gasteiger partial charge in [0.15, 0.2) is 0 Å². The molecule has 0 aliphatic heterocycles. The number of carboxylic acid groups (broad SMARTS) is 1. The molecule has 2 rings (SSSR count). The molecule has 0 amide bonds. The van der Waals surface area contributed by atoms with E-state index in [1.165, 1.54) is 28.5 Å². The number of H-pyrrole nitrogens is 1. The Morgan fingerprint density at radius 2 is 1.81 bits per heavy atom. The van der Waals surface area contributed by atoms with E-state index in [-0.39, 0.29) is 11.1 Å². The summed E-state index contributed by atoms with van der Waals surface area (Å²) in [5, 5.41) is 8.93. The molecule has 1 heterocycles. The quantitative estimate of drug-likeness (QED) is 0.905. The number of aromatic nitrogens is 2. The van der Waals surface area contributed by atoms with Gasteiger partial charge in [0.1, 0.15) is 11.5 Å². The van der Waals surface area contributed by atoms with E-state index in [1.54, 1.807) is 0 Å². The summed E-state index contributed by atoms with van der Waals surface area (Å²) >= 11 is 0. The highest BCUT2D eigenvalue weighted by atomic mass is 16.4. The number of carboxylic acids is 1. The number of benzene rings is 1. The first-order valence-corrected chi connectivity index (χ1v) is 7.06. The predicted octanol–water partition coefficient (Wildman–Crippen LogP) is 3.61. The molecule has 0 spiro atoms. The number of aryl methyl sites for hydroxylation is 2. The molecule has 4 nitrogen and oxygen atoms in total. The van der Waals surface area contributed by atoms with Crippen molar-refractivity contribution in [2.45, 2.75) is 46.5 Å². The second kappa shape index (κ2) is 5.35. The van der Waals surface area contributed by atoms with Gasteiger partial charge in [0, 0.05) is 6.42 Å². The summed E-state index contributed by atoms with van der Waals surface area (Å²) in [6.45, 7) is 10.8. The van der Waals surface area contributed by atoms with Crippen LogP contribution < -0.4 is 0 Å². The van der Waals surface area contributed by atoms with Gasteiger partial charge in [0.25, 0.3) is 0 Å². The Hall–Kier alpha value is -2.10. The van der Waals surface area contributed by atoms with Crippen LogP contribution in [0.15, 0.2) is 18.3 Å². The molecule has 0 saturated carbocycles. The van der Waals surface area contributed by atoms with Crippen molar-refractivity contribution >= 4 is 5.97 Å². The summed E-state index contributed by atoms with van der Waals surface area (Å²) in [6, 6.07) is 4.42. The third kappa shape index (κ3) is 3.32. The number of nitrogens with zero attached hydrogens (tertiary/aromatic N) is 1. The smallest absolute Gasteiger partial charge is 0.353 e. The Kier molecular flexibility index (Phi) is 3.90. The number of rotatable bonds is 3. The maximum atomic E-state index is 10.9.